The summed E-state index contributed by atoms with van der Waals surface area (Å²) in [5.41, 5.74) is 5.46. The molecule has 1 fully saturated rings. The van der Waals surface area contributed by atoms with Crippen molar-refractivity contribution in [3.8, 4) is 0 Å². The van der Waals surface area contributed by atoms with E-state index in [0.29, 0.717) is 12.5 Å². The summed E-state index contributed by atoms with van der Waals surface area (Å²) in [6, 6.07) is 0. The maximum Gasteiger partial charge on any atom is 0.167 e. The summed E-state index contributed by atoms with van der Waals surface area (Å²) in [5.74, 6) is 0.801. The van der Waals surface area contributed by atoms with Gasteiger partial charge < -0.3 is 10.3 Å². The van der Waals surface area contributed by atoms with Crippen LogP contribution in [-0.2, 0) is 11.1 Å². The van der Waals surface area contributed by atoms with Crippen molar-refractivity contribution in [2.75, 3.05) is 25.5 Å². The second-order valence-electron chi connectivity index (χ2n) is 2.92. The summed E-state index contributed by atoms with van der Waals surface area (Å²) < 4.78 is 19.0. The van der Waals surface area contributed by atoms with E-state index in [9.17, 15) is 4.21 Å². The Kier molecular flexibility index (Phi) is 3.45. The van der Waals surface area contributed by atoms with Gasteiger partial charge in [-0.1, -0.05) is 0 Å². The van der Waals surface area contributed by atoms with Crippen LogP contribution in [0.2, 0.25) is 0 Å². The number of nitrogens with two attached hydrogens (primary N) is 1. The van der Waals surface area contributed by atoms with Crippen LogP contribution in [0.4, 0.5) is 0 Å². The summed E-state index contributed by atoms with van der Waals surface area (Å²) in [6.07, 6.45) is 1.06. The molecule has 2 unspecified atom stereocenters. The third-order valence-electron chi connectivity index (χ3n) is 2.00. The van der Waals surface area contributed by atoms with Crippen molar-refractivity contribution in [3.05, 3.63) is 0 Å². The van der Waals surface area contributed by atoms with E-state index < -0.39 is 11.1 Å². The smallest absolute Gasteiger partial charge is 0.167 e. The van der Waals surface area contributed by atoms with Gasteiger partial charge in [0, 0.05) is 6.54 Å². The molecule has 2 atom stereocenters. The molecule has 0 aliphatic carbocycles. The largest absolute Gasteiger partial charge is 0.330 e. The molecule has 0 radical (unpaired) electrons. The van der Waals surface area contributed by atoms with Crippen LogP contribution in [0.5, 0.6) is 0 Å². The number of hydrogen-bond donors (Lipinski definition) is 2. The molecule has 1 rings (SSSR count). The molecule has 0 spiro atoms. The highest BCUT2D eigenvalue weighted by atomic mass is 32.2. The molecule has 1 aliphatic heterocycles. The summed E-state index contributed by atoms with van der Waals surface area (Å²) >= 11 is -1.69. The minimum absolute atomic E-state index is 0.274. The first-order chi connectivity index (χ1) is 5.22. The molecule has 5 heteroatoms. The van der Waals surface area contributed by atoms with Gasteiger partial charge >= 0.3 is 0 Å². The highest BCUT2D eigenvalue weighted by molar-refractivity contribution is 7.79. The van der Waals surface area contributed by atoms with Gasteiger partial charge in [-0.05, 0) is 25.4 Å². The zero-order valence-corrected chi connectivity index (χ0v) is 7.22. The molecular formula is C6H14N2O2S. The number of likely N-dealkylation sites (tertiary alicyclic amines) is 1. The Morgan fingerprint density at radius 1 is 1.73 bits per heavy atom. The predicted molar refractivity (Wildman–Crippen MR) is 44.4 cm³/mol. The van der Waals surface area contributed by atoms with Crippen LogP contribution < -0.4 is 5.73 Å². The molecule has 66 valence electrons. The SMILES string of the molecule is NCC1CCN(CS(=O)O)C1. The number of nitrogens with zero attached hydrogens (tertiary/aromatic N) is 1. The molecule has 0 bridgehead atoms. The third kappa shape index (κ3) is 2.86. The Morgan fingerprint density at radius 2 is 2.45 bits per heavy atom. The Hall–Kier alpha value is 0.0300. The third-order valence-corrected chi connectivity index (χ3v) is 2.58. The monoisotopic (exact) mass is 178 g/mol. The van der Waals surface area contributed by atoms with Crippen molar-refractivity contribution in [2.45, 2.75) is 6.42 Å². The van der Waals surface area contributed by atoms with Gasteiger partial charge in [0.15, 0.2) is 11.1 Å². The topological polar surface area (TPSA) is 66.6 Å². The normalized spacial score (nSPS) is 29.1. The Balaban J connectivity index is 2.24. The van der Waals surface area contributed by atoms with Gasteiger partial charge in [0.2, 0.25) is 0 Å². The van der Waals surface area contributed by atoms with E-state index in [1.165, 1.54) is 0 Å². The number of rotatable bonds is 3. The first-order valence-electron chi connectivity index (χ1n) is 3.72. The molecule has 11 heavy (non-hydrogen) atoms. The lowest BCUT2D eigenvalue weighted by atomic mass is 10.1. The van der Waals surface area contributed by atoms with E-state index in [1.54, 1.807) is 0 Å². The van der Waals surface area contributed by atoms with Crippen LogP contribution in [0.3, 0.4) is 0 Å². The fraction of sp³-hybridized carbons (Fsp3) is 1.00. The first kappa shape index (κ1) is 9.12. The summed E-state index contributed by atoms with van der Waals surface area (Å²) in [5, 5.41) is 0. The number of hydrogen-bond acceptors (Lipinski definition) is 3. The van der Waals surface area contributed by atoms with Gasteiger partial charge in [0.25, 0.3) is 0 Å². The average molecular weight is 178 g/mol. The fourth-order valence-electron chi connectivity index (χ4n) is 1.38. The van der Waals surface area contributed by atoms with Crippen LogP contribution >= 0.6 is 0 Å². The molecule has 0 saturated carbocycles. The molecule has 4 nitrogen and oxygen atoms in total. The highest BCUT2D eigenvalue weighted by Gasteiger charge is 2.21. The molecule has 0 amide bonds. The van der Waals surface area contributed by atoms with Crippen LogP contribution in [-0.4, -0.2) is 39.2 Å². The second kappa shape index (κ2) is 4.15. The van der Waals surface area contributed by atoms with Gasteiger partial charge in [-0.25, -0.2) is 4.21 Å². The quantitative estimate of drug-likeness (QED) is 0.569. The lowest BCUT2D eigenvalue weighted by Gasteiger charge is -2.11. The van der Waals surface area contributed by atoms with E-state index >= 15 is 0 Å². The average Bonchev–Trinajstić information content (AvgIpc) is 2.34. The van der Waals surface area contributed by atoms with E-state index in [-0.39, 0.29) is 5.88 Å². The second-order valence-corrected chi connectivity index (χ2v) is 3.82. The highest BCUT2D eigenvalue weighted by Crippen LogP contribution is 2.14. The Bertz CT molecular complexity index is 154. The van der Waals surface area contributed by atoms with Gasteiger partial charge in [-0.2, -0.15) is 0 Å². The van der Waals surface area contributed by atoms with E-state index in [2.05, 4.69) is 0 Å². The van der Waals surface area contributed by atoms with Crippen molar-refractivity contribution in [2.24, 2.45) is 11.7 Å². The lowest BCUT2D eigenvalue weighted by molar-refractivity contribution is 0.367. The molecular weight excluding hydrogens is 164 g/mol. The molecule has 0 aromatic heterocycles. The van der Waals surface area contributed by atoms with E-state index in [1.807, 2.05) is 4.90 Å². The molecule has 0 aromatic rings. The van der Waals surface area contributed by atoms with Crippen molar-refractivity contribution >= 4 is 11.1 Å². The molecule has 1 heterocycles. The van der Waals surface area contributed by atoms with Crippen molar-refractivity contribution in [1.29, 1.82) is 0 Å². The lowest BCUT2D eigenvalue weighted by Crippen LogP contribution is -2.26. The summed E-state index contributed by atoms with van der Waals surface area (Å²) in [6.45, 7) is 2.48. The molecule has 3 N–H and O–H groups in total. The van der Waals surface area contributed by atoms with Crippen molar-refractivity contribution < 1.29 is 8.76 Å². The first-order valence-corrected chi connectivity index (χ1v) is 5.00. The fourth-order valence-corrected chi connectivity index (χ4v) is 1.93. The van der Waals surface area contributed by atoms with Gasteiger partial charge in [0.1, 0.15) is 5.88 Å². The maximum absolute atomic E-state index is 10.4. The maximum atomic E-state index is 10.4. The standard InChI is InChI=1S/C6H14N2O2S/c7-3-6-1-2-8(4-6)5-11(9)10/h6H,1-5,7H2,(H,9,10). The van der Waals surface area contributed by atoms with E-state index in [0.717, 1.165) is 19.5 Å². The minimum atomic E-state index is -1.69. The minimum Gasteiger partial charge on any atom is -0.330 e. The van der Waals surface area contributed by atoms with Crippen LogP contribution in [0.25, 0.3) is 0 Å². The van der Waals surface area contributed by atoms with Crippen molar-refractivity contribution in [3.63, 3.8) is 0 Å². The van der Waals surface area contributed by atoms with Crippen LogP contribution in [0.1, 0.15) is 6.42 Å². The summed E-state index contributed by atoms with van der Waals surface area (Å²) in [4.78, 5) is 1.98. The van der Waals surface area contributed by atoms with Gasteiger partial charge in [-0.3, -0.25) is 4.90 Å². The van der Waals surface area contributed by atoms with Crippen molar-refractivity contribution in [1.82, 2.24) is 4.90 Å². The summed E-state index contributed by atoms with van der Waals surface area (Å²) in [7, 11) is 0. The van der Waals surface area contributed by atoms with Gasteiger partial charge in [-0.15, -0.1) is 0 Å². The van der Waals surface area contributed by atoms with E-state index in [4.69, 9.17) is 10.3 Å². The molecule has 0 aromatic carbocycles. The zero-order valence-electron chi connectivity index (χ0n) is 6.40. The Labute approximate surface area is 69.0 Å². The van der Waals surface area contributed by atoms with Crippen LogP contribution in [0, 0.1) is 5.92 Å². The Morgan fingerprint density at radius 3 is 2.91 bits per heavy atom. The van der Waals surface area contributed by atoms with Gasteiger partial charge in [0.05, 0.1) is 0 Å². The molecule has 1 saturated heterocycles. The zero-order chi connectivity index (χ0) is 8.27. The molecule has 1 aliphatic rings. The van der Waals surface area contributed by atoms with Crippen LogP contribution in [0.15, 0.2) is 0 Å². The predicted octanol–water partition coefficient (Wildman–Crippen LogP) is -0.554.